The summed E-state index contributed by atoms with van der Waals surface area (Å²) in [6.07, 6.45) is 2.72. The van der Waals surface area contributed by atoms with Gasteiger partial charge in [0.25, 0.3) is 5.91 Å². The Morgan fingerprint density at radius 2 is 1.18 bits per heavy atom. The van der Waals surface area contributed by atoms with Crippen molar-refractivity contribution in [3.63, 3.8) is 0 Å². The van der Waals surface area contributed by atoms with E-state index in [0.717, 1.165) is 25.9 Å². The lowest BCUT2D eigenvalue weighted by Gasteiger charge is -2.29. The topological polar surface area (TPSA) is 163 Å². The van der Waals surface area contributed by atoms with E-state index >= 15 is 0 Å². The first kappa shape index (κ1) is 31.4. The lowest BCUT2D eigenvalue weighted by Crippen LogP contribution is -2.40. The summed E-state index contributed by atoms with van der Waals surface area (Å²) in [5, 5.41) is 30.1. The van der Waals surface area contributed by atoms with Gasteiger partial charge in [-0.15, -0.1) is 0 Å². The number of hydrogen-bond acceptors (Lipinski definition) is 9. The third-order valence-corrected chi connectivity index (χ3v) is 6.12. The number of aliphatic hydroxyl groups is 2. The van der Waals surface area contributed by atoms with Gasteiger partial charge < -0.3 is 35.0 Å². The number of nitrogens with zero attached hydrogens (tertiary/aromatic N) is 1. The fourth-order valence-electron chi connectivity index (χ4n) is 3.85. The van der Waals surface area contributed by atoms with Crippen LogP contribution >= 0.6 is 0 Å². The molecular weight excluding hydrogens is 508 g/mol. The summed E-state index contributed by atoms with van der Waals surface area (Å²) in [6, 6.07) is 12.2. The van der Waals surface area contributed by atoms with E-state index in [1.807, 2.05) is 0 Å². The molecule has 0 atom stereocenters. The molecule has 2 fully saturated rings. The summed E-state index contributed by atoms with van der Waals surface area (Å²) >= 11 is 0. The molecule has 11 heteroatoms. The predicted octanol–water partition coefficient (Wildman–Crippen LogP) is 1.97. The Balaban J connectivity index is 0.000000229. The van der Waals surface area contributed by atoms with E-state index in [0.29, 0.717) is 37.1 Å². The van der Waals surface area contributed by atoms with Crippen LogP contribution in [0.4, 0.5) is 0 Å². The predicted molar refractivity (Wildman–Crippen MR) is 142 cm³/mol. The Morgan fingerprint density at radius 3 is 1.62 bits per heavy atom. The molecule has 39 heavy (non-hydrogen) atoms. The first-order chi connectivity index (χ1) is 18.7. The van der Waals surface area contributed by atoms with Crippen molar-refractivity contribution in [3.8, 4) is 0 Å². The van der Waals surface area contributed by atoms with Gasteiger partial charge >= 0.3 is 17.9 Å². The molecule has 2 heterocycles. The molecule has 2 aliphatic heterocycles. The first-order valence-electron chi connectivity index (χ1n) is 12.6. The number of carbonyl (C=O) groups excluding carboxylic acids is 3. The zero-order valence-electron chi connectivity index (χ0n) is 22.2. The molecule has 4 N–H and O–H groups in total. The number of nitrogens with one attached hydrogen (secondary N) is 1. The van der Waals surface area contributed by atoms with E-state index in [1.165, 1.54) is 38.5 Å². The molecule has 2 saturated heterocycles. The number of rotatable bonds is 4. The van der Waals surface area contributed by atoms with Crippen LogP contribution < -0.4 is 5.32 Å². The van der Waals surface area contributed by atoms with Crippen LogP contribution in [-0.2, 0) is 9.47 Å². The highest BCUT2D eigenvalue weighted by Gasteiger charge is 2.22. The fourth-order valence-corrected chi connectivity index (χ4v) is 3.85. The minimum absolute atomic E-state index is 0.0266. The van der Waals surface area contributed by atoms with Gasteiger partial charge in [0.1, 0.15) is 0 Å². The number of piperidine rings is 2. The van der Waals surface area contributed by atoms with Crippen molar-refractivity contribution in [2.45, 2.75) is 37.9 Å². The number of carboxylic acids is 1. The van der Waals surface area contributed by atoms with Gasteiger partial charge in [-0.3, -0.25) is 4.79 Å². The number of benzene rings is 2. The van der Waals surface area contributed by atoms with Crippen LogP contribution in [0, 0.1) is 0 Å². The van der Waals surface area contributed by atoms with E-state index < -0.39 is 17.9 Å². The smallest absolute Gasteiger partial charge is 0.337 e. The molecule has 0 spiro atoms. The molecule has 1 amide bonds. The van der Waals surface area contributed by atoms with Crippen LogP contribution in [0.15, 0.2) is 48.5 Å². The van der Waals surface area contributed by atoms with Crippen LogP contribution in [-0.4, -0.2) is 96.6 Å². The van der Waals surface area contributed by atoms with E-state index in [2.05, 4.69) is 14.8 Å². The second-order valence-electron chi connectivity index (χ2n) is 8.95. The number of likely N-dealkylation sites (tertiary alicyclic amines) is 1. The summed E-state index contributed by atoms with van der Waals surface area (Å²) < 4.78 is 9.07. The van der Waals surface area contributed by atoms with Crippen LogP contribution in [0.1, 0.15) is 67.1 Å². The molecule has 212 valence electrons. The zero-order chi connectivity index (χ0) is 28.8. The van der Waals surface area contributed by atoms with Crippen LogP contribution in [0.3, 0.4) is 0 Å². The summed E-state index contributed by atoms with van der Waals surface area (Å²) in [6.45, 7) is 3.06. The number of methoxy groups -OCH3 is 2. The maximum Gasteiger partial charge on any atom is 0.337 e. The van der Waals surface area contributed by atoms with E-state index in [4.69, 9.17) is 10.2 Å². The fraction of sp³-hybridized carbons (Fsp3) is 0.429. The monoisotopic (exact) mass is 544 g/mol. The molecule has 0 aromatic heterocycles. The highest BCUT2D eigenvalue weighted by molar-refractivity contribution is 5.98. The number of amides is 1. The van der Waals surface area contributed by atoms with Gasteiger partial charge in [-0.1, -0.05) is 12.1 Å². The number of carbonyl (C=O) groups is 4. The first-order valence-corrected chi connectivity index (χ1v) is 12.6. The van der Waals surface area contributed by atoms with Crippen LogP contribution in [0.2, 0.25) is 0 Å². The highest BCUT2D eigenvalue weighted by atomic mass is 16.5. The van der Waals surface area contributed by atoms with Crippen molar-refractivity contribution in [1.82, 2.24) is 10.2 Å². The number of hydrogen-bond donors (Lipinski definition) is 4. The minimum atomic E-state index is -1.06. The largest absolute Gasteiger partial charge is 0.478 e. The number of carboxylic acid groups (broad SMARTS) is 1. The lowest BCUT2D eigenvalue weighted by molar-refractivity contribution is 0.0544. The van der Waals surface area contributed by atoms with Gasteiger partial charge in [-0.25, -0.2) is 14.4 Å². The summed E-state index contributed by atoms with van der Waals surface area (Å²) in [5.74, 6) is -2.17. The molecule has 0 aliphatic carbocycles. The minimum Gasteiger partial charge on any atom is -0.478 e. The average molecular weight is 545 g/mol. The normalized spacial score (nSPS) is 15.5. The van der Waals surface area contributed by atoms with E-state index in [9.17, 15) is 24.3 Å². The van der Waals surface area contributed by atoms with Gasteiger partial charge in [0.05, 0.1) is 43.1 Å². The Labute approximate surface area is 227 Å². The number of aromatic carboxylic acids is 1. The standard InChI is InChI=1S/C14H17NO4.C9H8O4.C5H11NO/c1-19-14(18)11-4-2-3-10(9-11)13(17)15-7-5-12(16)6-8-15;1-13-9(12)7-4-2-3-6(5-7)8(10)11;7-5-1-3-6-4-2-5/h2-4,9,12,16H,5-8H2,1H3;2-5H,1H3,(H,10,11);5-7H,1-4H2. The Bertz CT molecular complexity index is 1110. The van der Waals surface area contributed by atoms with Crippen molar-refractivity contribution < 1.29 is 44.0 Å². The third-order valence-electron chi connectivity index (χ3n) is 6.12. The second-order valence-corrected chi connectivity index (χ2v) is 8.95. The number of ether oxygens (including phenoxy) is 2. The molecule has 2 aromatic rings. The van der Waals surface area contributed by atoms with Gasteiger partial charge in [0.15, 0.2) is 0 Å². The van der Waals surface area contributed by atoms with E-state index in [1.54, 1.807) is 29.2 Å². The average Bonchev–Trinajstić information content (AvgIpc) is 2.97. The van der Waals surface area contributed by atoms with Crippen molar-refractivity contribution in [2.24, 2.45) is 0 Å². The van der Waals surface area contributed by atoms with Gasteiger partial charge in [0, 0.05) is 18.7 Å². The molecule has 0 saturated carbocycles. The molecule has 11 nitrogen and oxygen atoms in total. The SMILES string of the molecule is COC(=O)c1cccc(C(=O)N2CCC(O)CC2)c1.COC(=O)c1cccc(C(=O)O)c1.OC1CCNCC1. The summed E-state index contributed by atoms with van der Waals surface area (Å²) in [5.41, 5.74) is 1.15. The maximum atomic E-state index is 12.3. The molecular formula is C28H36N2O9. The summed E-state index contributed by atoms with van der Waals surface area (Å²) in [4.78, 5) is 46.9. The van der Waals surface area contributed by atoms with E-state index in [-0.39, 0.29) is 29.2 Å². The number of aliphatic hydroxyl groups excluding tert-OH is 2. The molecule has 0 radical (unpaired) electrons. The van der Waals surface area contributed by atoms with Gasteiger partial charge in [0.2, 0.25) is 0 Å². The quantitative estimate of drug-likeness (QED) is 0.419. The summed E-state index contributed by atoms with van der Waals surface area (Å²) in [7, 11) is 2.55. The lowest BCUT2D eigenvalue weighted by atomic mass is 10.1. The van der Waals surface area contributed by atoms with Crippen LogP contribution in [0.25, 0.3) is 0 Å². The van der Waals surface area contributed by atoms with Gasteiger partial charge in [-0.05, 0) is 75.2 Å². The molecule has 2 aliphatic rings. The molecule has 4 rings (SSSR count). The van der Waals surface area contributed by atoms with Crippen molar-refractivity contribution in [3.05, 3.63) is 70.8 Å². The Kier molecular flexibility index (Phi) is 13.1. The van der Waals surface area contributed by atoms with Crippen LogP contribution in [0.5, 0.6) is 0 Å². The third kappa shape index (κ3) is 10.5. The maximum absolute atomic E-state index is 12.3. The Morgan fingerprint density at radius 1 is 0.744 bits per heavy atom. The Hall–Kier alpha value is -3.80. The highest BCUT2D eigenvalue weighted by Crippen LogP contribution is 2.15. The van der Waals surface area contributed by atoms with Crippen molar-refractivity contribution in [1.29, 1.82) is 0 Å². The van der Waals surface area contributed by atoms with Crippen molar-refractivity contribution in [2.75, 3.05) is 40.4 Å². The second kappa shape index (κ2) is 16.2. The van der Waals surface area contributed by atoms with Crippen molar-refractivity contribution >= 4 is 23.8 Å². The molecule has 2 aromatic carbocycles. The number of esters is 2. The zero-order valence-corrected chi connectivity index (χ0v) is 22.2. The molecule has 0 unspecified atom stereocenters. The molecule has 0 bridgehead atoms. The van der Waals surface area contributed by atoms with Gasteiger partial charge in [-0.2, -0.15) is 0 Å².